The molecule has 0 heterocycles. The van der Waals surface area contributed by atoms with Crippen LogP contribution in [-0.2, 0) is 65.4 Å². The minimum atomic E-state index is -5.01. The smallest absolute Gasteiger partial charge is 0.462 e. The van der Waals surface area contributed by atoms with Gasteiger partial charge in [0.15, 0.2) is 12.2 Å². The number of hydrogen-bond donors (Lipinski definition) is 3. The molecule has 0 aromatic heterocycles. The van der Waals surface area contributed by atoms with Crippen LogP contribution in [-0.4, -0.2) is 96.7 Å². The van der Waals surface area contributed by atoms with Gasteiger partial charge in [0, 0.05) is 25.7 Å². The summed E-state index contributed by atoms with van der Waals surface area (Å²) in [5.41, 5.74) is 0. The molecule has 0 aromatic carbocycles. The lowest BCUT2D eigenvalue weighted by Crippen LogP contribution is -2.30. The molecule has 0 saturated carbocycles. The van der Waals surface area contributed by atoms with E-state index in [4.69, 9.17) is 37.0 Å². The number of phosphoric ester groups is 2. The first-order chi connectivity index (χ1) is 54.7. The molecule has 3 N–H and O–H groups in total. The predicted molar refractivity (Wildman–Crippen MR) is 463 cm³/mol. The molecule has 0 aliphatic rings. The minimum absolute atomic E-state index is 0.0248. The van der Waals surface area contributed by atoms with E-state index in [-0.39, 0.29) is 25.7 Å². The van der Waals surface area contributed by atoms with Crippen molar-refractivity contribution in [2.45, 2.75) is 329 Å². The van der Waals surface area contributed by atoms with E-state index in [2.05, 4.69) is 204 Å². The molecule has 5 atom stereocenters. The molecule has 5 unspecified atom stereocenters. The number of ether oxygens (including phenoxy) is 4. The van der Waals surface area contributed by atoms with Gasteiger partial charge in [-0.05, 0) is 173 Å². The number of phosphoric acid groups is 2. The SMILES string of the molecule is CC/C=C\C/C=C\C/C=C\C/C=C\C/C=C\C/C=C\CCC(=O)OCC(COP(=O)(O)OCC(O)COP(=O)(O)OCC(COC(=O)CCCCCCCC/C=C\C/C=C\C/C=C\C/C=C\CC)OC(=O)CCCCCCCC/C=C\C/C=C\C/C=C\CCCCC)OC(=O)CCCCCCC/C=C\C/C=C\C/C=C\CC. The highest BCUT2D eigenvalue weighted by atomic mass is 31.2. The van der Waals surface area contributed by atoms with Crippen molar-refractivity contribution < 1.29 is 80.2 Å². The van der Waals surface area contributed by atoms with Gasteiger partial charge in [-0.25, -0.2) is 9.13 Å². The number of rotatable bonds is 78. The predicted octanol–water partition coefficient (Wildman–Crippen LogP) is 25.7. The minimum Gasteiger partial charge on any atom is -0.462 e. The maximum atomic E-state index is 13.2. The van der Waals surface area contributed by atoms with E-state index in [9.17, 15) is 43.2 Å². The Morgan fingerprint density at radius 3 is 0.768 bits per heavy atom. The first-order valence-electron chi connectivity index (χ1n) is 42.7. The van der Waals surface area contributed by atoms with Gasteiger partial charge in [-0.2, -0.15) is 0 Å². The van der Waals surface area contributed by atoms with Gasteiger partial charge in [0.1, 0.15) is 19.3 Å². The number of esters is 4. The summed E-state index contributed by atoms with van der Waals surface area (Å²) in [5, 5.41) is 10.7. The Kier molecular flexibility index (Phi) is 78.4. The molecule has 0 rings (SSSR count). The number of carbonyl (C=O) groups is 4. The normalized spacial score (nSPS) is 14.7. The van der Waals surface area contributed by atoms with Gasteiger partial charge < -0.3 is 33.8 Å². The lowest BCUT2D eigenvalue weighted by Gasteiger charge is -2.21. The summed E-state index contributed by atoms with van der Waals surface area (Å²) >= 11 is 0. The highest BCUT2D eigenvalue weighted by molar-refractivity contribution is 7.47. The highest BCUT2D eigenvalue weighted by Crippen LogP contribution is 2.45. The average molecular weight is 1600 g/mol. The third-order valence-corrected chi connectivity index (χ3v) is 18.9. The summed E-state index contributed by atoms with van der Waals surface area (Å²) in [4.78, 5) is 73.3. The van der Waals surface area contributed by atoms with Crippen LogP contribution < -0.4 is 0 Å². The maximum absolute atomic E-state index is 13.2. The van der Waals surface area contributed by atoms with Crippen molar-refractivity contribution in [3.63, 3.8) is 0 Å². The quantitative estimate of drug-likeness (QED) is 0.0169. The molecule has 0 aliphatic heterocycles. The van der Waals surface area contributed by atoms with Crippen molar-refractivity contribution in [3.8, 4) is 0 Å². The Morgan fingerprint density at radius 2 is 0.482 bits per heavy atom. The van der Waals surface area contributed by atoms with Gasteiger partial charge in [-0.3, -0.25) is 37.3 Å². The molecule has 0 aliphatic carbocycles. The van der Waals surface area contributed by atoms with Crippen LogP contribution in [0.5, 0.6) is 0 Å². The molecule has 0 spiro atoms. The number of aliphatic hydroxyl groups excluding tert-OH is 1. The number of allylic oxidation sites excluding steroid dienone is 32. The summed E-state index contributed by atoms with van der Waals surface area (Å²) < 4.78 is 68.7. The fourth-order valence-electron chi connectivity index (χ4n) is 10.7. The van der Waals surface area contributed by atoms with Crippen molar-refractivity contribution >= 4 is 39.5 Å². The first-order valence-corrected chi connectivity index (χ1v) is 45.7. The highest BCUT2D eigenvalue weighted by Gasteiger charge is 2.30. The van der Waals surface area contributed by atoms with E-state index < -0.39 is 97.5 Å². The summed E-state index contributed by atoms with van der Waals surface area (Å²) in [6.45, 7) is 4.37. The van der Waals surface area contributed by atoms with Gasteiger partial charge in [0.05, 0.1) is 26.4 Å². The Balaban J connectivity index is 5.50. The van der Waals surface area contributed by atoms with E-state index in [0.29, 0.717) is 32.1 Å². The zero-order valence-corrected chi connectivity index (χ0v) is 71.3. The second kappa shape index (κ2) is 82.9. The monoisotopic (exact) mass is 1600 g/mol. The standard InChI is InChI=1S/C93H150O17P2/c1-5-9-13-17-21-25-29-33-37-40-43-46-50-53-57-61-65-69-73-77-90(95)103-83-88(109-92(97)79-75-71-67-63-59-55-49-36-32-28-24-20-16-12-8-4)85-107-111(99,100)105-81-87(94)82-106-112(101,102)108-86-89(110-93(98)80-76-72-68-64-60-56-52-48-45-42-39-35-31-27-23-19-15-11-7-3)84-104-91(96)78-74-70-66-62-58-54-51-47-44-41-38-34-30-26-22-18-14-10-6-2/h9-10,12-14,16,21-28,33-39,43-49,53,57,65,69,87-89,94H,5-8,11,15,17-20,29-32,40-42,50-52,54-56,58-64,66-68,70-86H2,1-4H3,(H,99,100)(H,101,102)/b13-9-,14-10-,16-12-,25-21-,26-22-,27-23-,28-24-,37-33-,38-34-,39-35-,46-43-,47-44-,48-45-,49-36-,57-53-,69-65-. The van der Waals surface area contributed by atoms with Crippen molar-refractivity contribution in [2.24, 2.45) is 0 Å². The van der Waals surface area contributed by atoms with Gasteiger partial charge in [-0.15, -0.1) is 0 Å². The van der Waals surface area contributed by atoms with E-state index in [1.807, 2.05) is 18.2 Å². The molecule has 0 bridgehead atoms. The molecule has 19 heteroatoms. The molecule has 634 valence electrons. The molecule has 0 aromatic rings. The summed E-state index contributed by atoms with van der Waals surface area (Å²) in [5.74, 6) is -2.33. The zero-order chi connectivity index (χ0) is 81.7. The second-order valence-electron chi connectivity index (χ2n) is 27.6. The fourth-order valence-corrected chi connectivity index (χ4v) is 12.2. The van der Waals surface area contributed by atoms with Crippen molar-refractivity contribution in [1.29, 1.82) is 0 Å². The summed E-state index contributed by atoms with van der Waals surface area (Å²) in [6.07, 6.45) is 103. The van der Waals surface area contributed by atoms with Gasteiger partial charge in [0.25, 0.3) is 0 Å². The molecule has 17 nitrogen and oxygen atoms in total. The first kappa shape index (κ1) is 106. The third kappa shape index (κ3) is 81.9. The topological polar surface area (TPSA) is 237 Å². The van der Waals surface area contributed by atoms with Crippen LogP contribution >= 0.6 is 15.6 Å². The summed E-state index contributed by atoms with van der Waals surface area (Å²) in [7, 11) is -10.0. The van der Waals surface area contributed by atoms with Gasteiger partial charge in [-0.1, -0.05) is 306 Å². The van der Waals surface area contributed by atoms with Crippen LogP contribution in [0.2, 0.25) is 0 Å². The molecule has 0 fully saturated rings. The number of unbranched alkanes of at least 4 members (excludes halogenated alkanes) is 20. The van der Waals surface area contributed by atoms with E-state index in [1.54, 1.807) is 0 Å². The Bertz CT molecular complexity index is 2890. The van der Waals surface area contributed by atoms with E-state index in [1.165, 1.54) is 19.3 Å². The average Bonchev–Trinajstić information content (AvgIpc) is 0.898. The molecule has 0 saturated heterocycles. The largest absolute Gasteiger partial charge is 0.472 e. The van der Waals surface area contributed by atoms with Crippen LogP contribution in [0.15, 0.2) is 194 Å². The second-order valence-corrected chi connectivity index (χ2v) is 30.5. The van der Waals surface area contributed by atoms with Crippen LogP contribution in [0.3, 0.4) is 0 Å². The van der Waals surface area contributed by atoms with E-state index in [0.717, 1.165) is 205 Å². The number of carbonyl (C=O) groups excluding carboxylic acids is 4. The number of aliphatic hydroxyl groups is 1. The lowest BCUT2D eigenvalue weighted by atomic mass is 10.1. The van der Waals surface area contributed by atoms with Gasteiger partial charge >= 0.3 is 39.5 Å². The lowest BCUT2D eigenvalue weighted by molar-refractivity contribution is -0.161. The number of hydrogen-bond acceptors (Lipinski definition) is 15. The fraction of sp³-hybridized carbons (Fsp3) is 0.613. The maximum Gasteiger partial charge on any atom is 0.472 e. The Labute approximate surface area is 678 Å². The van der Waals surface area contributed by atoms with E-state index >= 15 is 0 Å². The summed E-state index contributed by atoms with van der Waals surface area (Å²) in [6, 6.07) is 0. The zero-order valence-electron chi connectivity index (χ0n) is 69.5. The Hall–Kier alpha value is -6.10. The van der Waals surface area contributed by atoms with Crippen molar-refractivity contribution in [2.75, 3.05) is 39.6 Å². The molecular weight excluding hydrogens is 1450 g/mol. The van der Waals surface area contributed by atoms with Crippen LogP contribution in [0.25, 0.3) is 0 Å². The van der Waals surface area contributed by atoms with Crippen LogP contribution in [0.1, 0.15) is 310 Å². The van der Waals surface area contributed by atoms with Crippen LogP contribution in [0.4, 0.5) is 0 Å². The van der Waals surface area contributed by atoms with Crippen LogP contribution in [0, 0.1) is 0 Å². The Morgan fingerprint density at radius 1 is 0.259 bits per heavy atom. The molecular formula is C93H150O17P2. The molecule has 0 radical (unpaired) electrons. The molecule has 0 amide bonds. The van der Waals surface area contributed by atoms with Crippen molar-refractivity contribution in [1.82, 2.24) is 0 Å². The van der Waals surface area contributed by atoms with Crippen molar-refractivity contribution in [3.05, 3.63) is 194 Å². The molecule has 112 heavy (non-hydrogen) atoms. The third-order valence-electron chi connectivity index (χ3n) is 17.0. The van der Waals surface area contributed by atoms with Gasteiger partial charge in [0.2, 0.25) is 0 Å².